The number of hydrogen-bond acceptors (Lipinski definition) is 3. The molecule has 0 spiro atoms. The summed E-state index contributed by atoms with van der Waals surface area (Å²) in [6.07, 6.45) is 0. The van der Waals surface area contributed by atoms with E-state index in [0.29, 0.717) is 0 Å². The molecule has 1 aliphatic heterocycles. The lowest BCUT2D eigenvalue weighted by Crippen LogP contribution is -2.33. The SMILES string of the molecule is CCN1CCn2c(nnc2-c2ccccc2)C1. The van der Waals surface area contributed by atoms with Crippen LogP contribution in [0.4, 0.5) is 0 Å². The predicted molar refractivity (Wildman–Crippen MR) is 66.4 cm³/mol. The van der Waals surface area contributed by atoms with E-state index in [1.165, 1.54) is 0 Å². The lowest BCUT2D eigenvalue weighted by Gasteiger charge is -2.26. The van der Waals surface area contributed by atoms with Crippen LogP contribution in [0.25, 0.3) is 11.4 Å². The molecule has 0 saturated carbocycles. The molecule has 0 unspecified atom stereocenters. The highest BCUT2D eigenvalue weighted by molar-refractivity contribution is 5.55. The first-order chi connectivity index (χ1) is 8.38. The molecule has 0 amide bonds. The van der Waals surface area contributed by atoms with E-state index in [4.69, 9.17) is 0 Å². The number of aromatic nitrogens is 3. The summed E-state index contributed by atoms with van der Waals surface area (Å²) < 4.78 is 2.24. The Hall–Kier alpha value is -1.68. The molecule has 2 aromatic rings. The van der Waals surface area contributed by atoms with Gasteiger partial charge in [-0.05, 0) is 6.54 Å². The number of nitrogens with zero attached hydrogens (tertiary/aromatic N) is 4. The first kappa shape index (κ1) is 10.5. The Morgan fingerprint density at radius 3 is 2.71 bits per heavy atom. The van der Waals surface area contributed by atoms with Gasteiger partial charge in [0.1, 0.15) is 5.82 Å². The Kier molecular flexibility index (Phi) is 2.65. The molecular formula is C13H16N4. The van der Waals surface area contributed by atoms with Gasteiger partial charge in [0.2, 0.25) is 0 Å². The van der Waals surface area contributed by atoms with Gasteiger partial charge in [-0.1, -0.05) is 37.3 Å². The molecule has 1 aliphatic rings. The van der Waals surface area contributed by atoms with Crippen LogP contribution in [-0.2, 0) is 13.1 Å². The molecule has 17 heavy (non-hydrogen) atoms. The minimum Gasteiger partial charge on any atom is -0.309 e. The van der Waals surface area contributed by atoms with Crippen molar-refractivity contribution < 1.29 is 0 Å². The molecule has 0 saturated heterocycles. The Morgan fingerprint density at radius 2 is 1.94 bits per heavy atom. The lowest BCUT2D eigenvalue weighted by atomic mass is 10.2. The Balaban J connectivity index is 1.97. The van der Waals surface area contributed by atoms with Crippen molar-refractivity contribution in [2.75, 3.05) is 13.1 Å². The van der Waals surface area contributed by atoms with Crippen LogP contribution in [0.15, 0.2) is 30.3 Å². The van der Waals surface area contributed by atoms with E-state index in [9.17, 15) is 0 Å². The minimum absolute atomic E-state index is 0.913. The highest BCUT2D eigenvalue weighted by Gasteiger charge is 2.20. The van der Waals surface area contributed by atoms with Crippen LogP contribution >= 0.6 is 0 Å². The minimum atomic E-state index is 0.913. The number of hydrogen-bond donors (Lipinski definition) is 0. The molecule has 0 N–H and O–H groups in total. The van der Waals surface area contributed by atoms with Crippen molar-refractivity contribution in [3.8, 4) is 11.4 Å². The fourth-order valence-corrected chi connectivity index (χ4v) is 2.28. The molecule has 4 heteroatoms. The second-order valence-corrected chi connectivity index (χ2v) is 4.33. The summed E-state index contributed by atoms with van der Waals surface area (Å²) in [7, 11) is 0. The molecule has 0 bridgehead atoms. The second kappa shape index (κ2) is 4.30. The van der Waals surface area contributed by atoms with E-state index in [1.54, 1.807) is 0 Å². The average Bonchev–Trinajstić information content (AvgIpc) is 2.82. The second-order valence-electron chi connectivity index (χ2n) is 4.33. The van der Waals surface area contributed by atoms with Crippen LogP contribution in [0.3, 0.4) is 0 Å². The van der Waals surface area contributed by atoms with E-state index in [2.05, 4.69) is 38.7 Å². The van der Waals surface area contributed by atoms with Gasteiger partial charge in [-0.25, -0.2) is 0 Å². The zero-order valence-electron chi connectivity index (χ0n) is 10.0. The van der Waals surface area contributed by atoms with Gasteiger partial charge in [0.05, 0.1) is 6.54 Å². The quantitative estimate of drug-likeness (QED) is 0.785. The average molecular weight is 228 g/mol. The fourth-order valence-electron chi connectivity index (χ4n) is 2.28. The number of rotatable bonds is 2. The molecule has 3 rings (SSSR count). The van der Waals surface area contributed by atoms with Crippen LogP contribution in [0, 0.1) is 0 Å². The number of likely N-dealkylation sites (N-methyl/N-ethyl adjacent to an activating group) is 1. The lowest BCUT2D eigenvalue weighted by molar-refractivity contribution is 0.229. The Labute approximate surface area is 101 Å². The van der Waals surface area contributed by atoms with Crippen molar-refractivity contribution in [1.29, 1.82) is 0 Å². The van der Waals surface area contributed by atoms with Gasteiger partial charge in [-0.15, -0.1) is 10.2 Å². The van der Waals surface area contributed by atoms with E-state index in [1.807, 2.05) is 18.2 Å². The van der Waals surface area contributed by atoms with Gasteiger partial charge in [0.25, 0.3) is 0 Å². The van der Waals surface area contributed by atoms with Crippen LogP contribution < -0.4 is 0 Å². The molecule has 0 radical (unpaired) electrons. The third kappa shape index (κ3) is 1.85. The van der Waals surface area contributed by atoms with E-state index in [0.717, 1.165) is 43.4 Å². The summed E-state index contributed by atoms with van der Waals surface area (Å²) in [5.41, 5.74) is 1.15. The molecule has 4 nitrogen and oxygen atoms in total. The van der Waals surface area contributed by atoms with Gasteiger partial charge >= 0.3 is 0 Å². The van der Waals surface area contributed by atoms with Crippen LogP contribution in [-0.4, -0.2) is 32.8 Å². The third-order valence-electron chi connectivity index (χ3n) is 3.31. The van der Waals surface area contributed by atoms with Gasteiger partial charge in [0.15, 0.2) is 5.82 Å². The number of benzene rings is 1. The molecule has 88 valence electrons. The van der Waals surface area contributed by atoms with Gasteiger partial charge in [0, 0.05) is 18.7 Å². The van der Waals surface area contributed by atoms with E-state index in [-0.39, 0.29) is 0 Å². The van der Waals surface area contributed by atoms with Crippen molar-refractivity contribution in [3.63, 3.8) is 0 Å². The van der Waals surface area contributed by atoms with Crippen molar-refractivity contribution in [1.82, 2.24) is 19.7 Å². The molecular weight excluding hydrogens is 212 g/mol. The van der Waals surface area contributed by atoms with Crippen LogP contribution in [0.5, 0.6) is 0 Å². The highest BCUT2D eigenvalue weighted by atomic mass is 15.3. The molecule has 1 aromatic carbocycles. The van der Waals surface area contributed by atoms with Crippen molar-refractivity contribution in [3.05, 3.63) is 36.2 Å². The van der Waals surface area contributed by atoms with Crippen molar-refractivity contribution in [2.24, 2.45) is 0 Å². The molecule has 1 aromatic heterocycles. The molecule has 0 atom stereocenters. The Morgan fingerprint density at radius 1 is 1.12 bits per heavy atom. The van der Waals surface area contributed by atoms with Gasteiger partial charge in [-0.3, -0.25) is 4.90 Å². The zero-order valence-corrected chi connectivity index (χ0v) is 10.0. The molecule has 0 aliphatic carbocycles. The maximum Gasteiger partial charge on any atom is 0.164 e. The summed E-state index contributed by atoms with van der Waals surface area (Å²) in [5, 5.41) is 8.63. The van der Waals surface area contributed by atoms with E-state index < -0.39 is 0 Å². The monoisotopic (exact) mass is 228 g/mol. The topological polar surface area (TPSA) is 34.0 Å². The summed E-state index contributed by atoms with van der Waals surface area (Å²) in [6.45, 7) is 6.25. The van der Waals surface area contributed by atoms with Crippen molar-refractivity contribution in [2.45, 2.75) is 20.0 Å². The predicted octanol–water partition coefficient (Wildman–Crippen LogP) is 1.78. The number of fused-ring (bicyclic) bond motifs is 1. The summed E-state index contributed by atoms with van der Waals surface area (Å²) in [4.78, 5) is 2.39. The zero-order chi connectivity index (χ0) is 11.7. The summed E-state index contributed by atoms with van der Waals surface area (Å²) in [6, 6.07) is 10.3. The Bertz CT molecular complexity index is 503. The first-order valence-corrected chi connectivity index (χ1v) is 6.08. The third-order valence-corrected chi connectivity index (χ3v) is 3.31. The van der Waals surface area contributed by atoms with Crippen LogP contribution in [0.2, 0.25) is 0 Å². The smallest absolute Gasteiger partial charge is 0.164 e. The van der Waals surface area contributed by atoms with E-state index >= 15 is 0 Å². The van der Waals surface area contributed by atoms with Gasteiger partial charge < -0.3 is 4.57 Å². The first-order valence-electron chi connectivity index (χ1n) is 6.08. The fraction of sp³-hybridized carbons (Fsp3) is 0.385. The van der Waals surface area contributed by atoms with Crippen molar-refractivity contribution >= 4 is 0 Å². The molecule has 0 fully saturated rings. The maximum absolute atomic E-state index is 4.32. The van der Waals surface area contributed by atoms with Gasteiger partial charge in [-0.2, -0.15) is 0 Å². The summed E-state index contributed by atoms with van der Waals surface area (Å²) >= 11 is 0. The largest absolute Gasteiger partial charge is 0.309 e. The standard InChI is InChI=1S/C13H16N4/c1-2-16-8-9-17-12(10-16)14-15-13(17)11-6-4-3-5-7-11/h3-7H,2,8-10H2,1H3. The normalized spacial score (nSPS) is 15.8. The maximum atomic E-state index is 4.32. The van der Waals surface area contributed by atoms with Crippen LogP contribution in [0.1, 0.15) is 12.7 Å². The highest BCUT2D eigenvalue weighted by Crippen LogP contribution is 2.20. The molecule has 2 heterocycles. The summed E-state index contributed by atoms with van der Waals surface area (Å²) in [5.74, 6) is 2.08.